The molecule has 1 aromatic rings. The highest BCUT2D eigenvalue weighted by atomic mass is 32.1. The van der Waals surface area contributed by atoms with Crippen LogP contribution in [-0.4, -0.2) is 10.9 Å². The van der Waals surface area contributed by atoms with Gasteiger partial charge < -0.3 is 10.6 Å². The number of carbonyl (C=O) groups is 1. The van der Waals surface area contributed by atoms with Gasteiger partial charge in [-0.3, -0.25) is 4.79 Å². The summed E-state index contributed by atoms with van der Waals surface area (Å²) in [6.45, 7) is 2.14. The summed E-state index contributed by atoms with van der Waals surface area (Å²) >= 11 is 5.27. The van der Waals surface area contributed by atoms with Gasteiger partial charge in [0.05, 0.1) is 6.04 Å². The molecule has 0 radical (unpaired) electrons. The average molecular weight is 286 g/mol. The second kappa shape index (κ2) is 5.37. The molecule has 20 heavy (non-hydrogen) atoms. The van der Waals surface area contributed by atoms with Gasteiger partial charge in [0.2, 0.25) is 0 Å². The predicted molar refractivity (Wildman–Crippen MR) is 83.3 cm³/mol. The van der Waals surface area contributed by atoms with Gasteiger partial charge in [-0.25, -0.2) is 0 Å². The third-order valence-corrected chi connectivity index (χ3v) is 4.23. The van der Waals surface area contributed by atoms with E-state index in [1.807, 2.05) is 0 Å². The Balaban J connectivity index is 2.01. The summed E-state index contributed by atoms with van der Waals surface area (Å²) in [5.74, 6) is 0.235. The van der Waals surface area contributed by atoms with E-state index in [1.54, 1.807) is 0 Å². The molecule has 0 bridgehead atoms. The van der Waals surface area contributed by atoms with Crippen molar-refractivity contribution in [2.45, 2.75) is 38.6 Å². The number of nitrogens with one attached hydrogen (secondary N) is 2. The minimum Gasteiger partial charge on any atom is -0.351 e. The molecule has 104 valence electrons. The maximum atomic E-state index is 12.3. The Morgan fingerprint density at radius 1 is 1.25 bits per heavy atom. The number of hydrogen-bond donors (Lipinski definition) is 2. The lowest BCUT2D eigenvalue weighted by molar-refractivity contribution is -0.116. The quantitative estimate of drug-likeness (QED) is 0.820. The highest BCUT2D eigenvalue weighted by molar-refractivity contribution is 7.80. The fourth-order valence-corrected chi connectivity index (χ4v) is 3.14. The van der Waals surface area contributed by atoms with Crippen molar-refractivity contribution in [1.82, 2.24) is 10.6 Å². The smallest absolute Gasteiger partial charge is 0.171 e. The van der Waals surface area contributed by atoms with Crippen LogP contribution in [-0.2, 0) is 11.2 Å². The van der Waals surface area contributed by atoms with E-state index in [9.17, 15) is 4.79 Å². The molecule has 3 rings (SSSR count). The Bertz CT molecular complexity index is 589. The second-order valence-electron chi connectivity index (χ2n) is 5.30. The Morgan fingerprint density at radius 3 is 2.70 bits per heavy atom. The van der Waals surface area contributed by atoms with E-state index in [2.05, 4.69) is 41.8 Å². The van der Waals surface area contributed by atoms with Crippen LogP contribution in [0.25, 0.3) is 0 Å². The monoisotopic (exact) mass is 286 g/mol. The molecule has 2 N–H and O–H groups in total. The van der Waals surface area contributed by atoms with Gasteiger partial charge in [-0.1, -0.05) is 31.2 Å². The van der Waals surface area contributed by atoms with Gasteiger partial charge in [0.25, 0.3) is 0 Å². The van der Waals surface area contributed by atoms with Crippen LogP contribution >= 0.6 is 12.2 Å². The molecule has 1 aliphatic heterocycles. The highest BCUT2D eigenvalue weighted by Crippen LogP contribution is 2.33. The Hall–Kier alpha value is -1.68. The molecule has 0 saturated carbocycles. The van der Waals surface area contributed by atoms with Gasteiger partial charge in [-0.05, 0) is 42.6 Å². The summed E-state index contributed by atoms with van der Waals surface area (Å²) in [6, 6.07) is 8.33. The maximum Gasteiger partial charge on any atom is 0.171 e. The number of Topliss-reactive ketones (excluding diaryl/α,β-unsaturated/α-hetero) is 1. The van der Waals surface area contributed by atoms with Crippen LogP contribution < -0.4 is 10.6 Å². The average Bonchev–Trinajstić information content (AvgIpc) is 2.46. The number of rotatable bonds is 2. The SMILES string of the molecule is CCc1ccc([C@H]2NC(=S)NC3=C2C(=O)CCC3)cc1. The summed E-state index contributed by atoms with van der Waals surface area (Å²) in [5.41, 5.74) is 4.28. The Morgan fingerprint density at radius 2 is 2.00 bits per heavy atom. The molecule has 0 saturated heterocycles. The molecule has 1 atom stereocenters. The molecular weight excluding hydrogens is 268 g/mol. The van der Waals surface area contributed by atoms with Crippen LogP contribution in [0.2, 0.25) is 0 Å². The third-order valence-electron chi connectivity index (χ3n) is 4.01. The standard InChI is InChI=1S/C16H18N2OS/c1-2-10-6-8-11(9-7-10)15-14-12(17-16(20)18-15)4-3-5-13(14)19/h6-9,15H,2-5H2,1H3,(H2,17,18,20)/t15-/m1/s1. The minimum atomic E-state index is -0.0996. The number of ketones is 1. The molecule has 1 aromatic carbocycles. The first kappa shape index (κ1) is 13.3. The normalized spacial score (nSPS) is 22.1. The molecule has 1 heterocycles. The molecule has 4 heteroatoms. The molecule has 0 spiro atoms. The number of carbonyl (C=O) groups excluding carboxylic acids is 1. The van der Waals surface area contributed by atoms with Crippen molar-refractivity contribution in [2.75, 3.05) is 0 Å². The van der Waals surface area contributed by atoms with Gasteiger partial charge in [-0.15, -0.1) is 0 Å². The first-order valence-corrected chi connectivity index (χ1v) is 7.52. The van der Waals surface area contributed by atoms with E-state index in [-0.39, 0.29) is 11.8 Å². The van der Waals surface area contributed by atoms with Crippen molar-refractivity contribution in [1.29, 1.82) is 0 Å². The van der Waals surface area contributed by atoms with Crippen molar-refractivity contribution >= 4 is 23.1 Å². The van der Waals surface area contributed by atoms with Crippen LogP contribution in [0.4, 0.5) is 0 Å². The molecular formula is C16H18N2OS. The zero-order valence-electron chi connectivity index (χ0n) is 11.5. The van der Waals surface area contributed by atoms with E-state index in [0.29, 0.717) is 11.5 Å². The summed E-state index contributed by atoms with van der Waals surface area (Å²) in [7, 11) is 0. The number of thiocarbonyl (C=S) groups is 1. The zero-order valence-corrected chi connectivity index (χ0v) is 12.3. The first-order chi connectivity index (χ1) is 9.69. The van der Waals surface area contributed by atoms with Crippen LogP contribution in [0.15, 0.2) is 35.5 Å². The molecule has 0 amide bonds. The van der Waals surface area contributed by atoms with Crippen LogP contribution in [0.5, 0.6) is 0 Å². The molecule has 1 aliphatic carbocycles. The minimum absolute atomic E-state index is 0.0996. The Labute approximate surface area is 124 Å². The fraction of sp³-hybridized carbons (Fsp3) is 0.375. The van der Waals surface area contributed by atoms with Crippen molar-refractivity contribution in [3.05, 3.63) is 46.7 Å². The van der Waals surface area contributed by atoms with E-state index < -0.39 is 0 Å². The lowest BCUT2D eigenvalue weighted by Crippen LogP contribution is -2.46. The molecule has 0 fully saturated rings. The number of aryl methyl sites for hydroxylation is 1. The van der Waals surface area contributed by atoms with Crippen molar-refractivity contribution in [3.63, 3.8) is 0 Å². The van der Waals surface area contributed by atoms with Crippen molar-refractivity contribution in [3.8, 4) is 0 Å². The largest absolute Gasteiger partial charge is 0.351 e. The lowest BCUT2D eigenvalue weighted by atomic mass is 9.85. The number of allylic oxidation sites excluding steroid dienone is 1. The van der Waals surface area contributed by atoms with Gasteiger partial charge in [0, 0.05) is 17.7 Å². The van der Waals surface area contributed by atoms with E-state index in [4.69, 9.17) is 12.2 Å². The fourth-order valence-electron chi connectivity index (χ4n) is 2.90. The van der Waals surface area contributed by atoms with Crippen LogP contribution in [0, 0.1) is 0 Å². The molecule has 3 nitrogen and oxygen atoms in total. The van der Waals surface area contributed by atoms with Gasteiger partial charge in [-0.2, -0.15) is 0 Å². The van der Waals surface area contributed by atoms with Gasteiger partial charge >= 0.3 is 0 Å². The van der Waals surface area contributed by atoms with Crippen LogP contribution in [0.1, 0.15) is 43.4 Å². The predicted octanol–water partition coefficient (Wildman–Crippen LogP) is 2.77. The summed E-state index contributed by atoms with van der Waals surface area (Å²) in [4.78, 5) is 12.3. The van der Waals surface area contributed by atoms with E-state index in [1.165, 1.54) is 5.56 Å². The summed E-state index contributed by atoms with van der Waals surface area (Å²) in [5, 5.41) is 7.01. The Kier molecular flexibility index (Phi) is 3.57. The second-order valence-corrected chi connectivity index (χ2v) is 5.70. The van der Waals surface area contributed by atoms with Gasteiger partial charge in [0.1, 0.15) is 0 Å². The highest BCUT2D eigenvalue weighted by Gasteiger charge is 2.32. The number of benzene rings is 1. The number of hydrogen-bond acceptors (Lipinski definition) is 2. The van der Waals surface area contributed by atoms with E-state index in [0.717, 1.165) is 36.1 Å². The maximum absolute atomic E-state index is 12.3. The molecule has 2 aliphatic rings. The molecule has 0 aromatic heterocycles. The third kappa shape index (κ3) is 2.36. The van der Waals surface area contributed by atoms with Crippen LogP contribution in [0.3, 0.4) is 0 Å². The van der Waals surface area contributed by atoms with Crippen molar-refractivity contribution < 1.29 is 4.79 Å². The lowest BCUT2D eigenvalue weighted by Gasteiger charge is -2.33. The summed E-state index contributed by atoms with van der Waals surface area (Å²) in [6.07, 6.45) is 3.48. The summed E-state index contributed by atoms with van der Waals surface area (Å²) < 4.78 is 0. The first-order valence-electron chi connectivity index (χ1n) is 7.11. The van der Waals surface area contributed by atoms with Crippen molar-refractivity contribution in [2.24, 2.45) is 0 Å². The zero-order chi connectivity index (χ0) is 14.1. The van der Waals surface area contributed by atoms with E-state index >= 15 is 0 Å². The van der Waals surface area contributed by atoms with Gasteiger partial charge in [0.15, 0.2) is 10.9 Å². The topological polar surface area (TPSA) is 41.1 Å². The molecule has 0 unspecified atom stereocenters.